The molecule has 0 unspecified atom stereocenters. The number of fused-ring (bicyclic) bond motifs is 1. The summed E-state index contributed by atoms with van der Waals surface area (Å²) in [5, 5.41) is 2.33. The fourth-order valence-corrected chi connectivity index (χ4v) is 2.00. The summed E-state index contributed by atoms with van der Waals surface area (Å²) in [6.07, 6.45) is 1.34. The number of furan rings is 1. The van der Waals surface area contributed by atoms with E-state index in [1.165, 1.54) is 18.4 Å². The van der Waals surface area contributed by atoms with Gasteiger partial charge in [-0.3, -0.25) is 14.4 Å². The van der Waals surface area contributed by atoms with E-state index in [-0.39, 0.29) is 24.9 Å². The Morgan fingerprint density at radius 2 is 1.96 bits per heavy atom. The molecule has 0 fully saturated rings. The van der Waals surface area contributed by atoms with Crippen LogP contribution in [-0.2, 0) is 9.53 Å². The fraction of sp³-hybridized carbons (Fsp3) is 0.188. The van der Waals surface area contributed by atoms with E-state index in [4.69, 9.17) is 18.6 Å². The van der Waals surface area contributed by atoms with Crippen LogP contribution in [0.1, 0.15) is 20.9 Å². The first-order chi connectivity index (χ1) is 11.6. The first-order valence-corrected chi connectivity index (χ1v) is 7.03. The highest BCUT2D eigenvalue weighted by Crippen LogP contribution is 2.32. The van der Waals surface area contributed by atoms with E-state index in [1.54, 1.807) is 18.2 Å². The van der Waals surface area contributed by atoms with Crippen molar-refractivity contribution in [2.45, 2.75) is 0 Å². The average Bonchev–Trinajstić information content (AvgIpc) is 3.27. The van der Waals surface area contributed by atoms with Gasteiger partial charge in [0.15, 0.2) is 29.6 Å². The third-order valence-electron chi connectivity index (χ3n) is 3.20. The molecule has 2 heterocycles. The molecule has 24 heavy (non-hydrogen) atoms. The Balaban J connectivity index is 1.45. The molecule has 1 aliphatic heterocycles. The van der Waals surface area contributed by atoms with E-state index >= 15 is 0 Å². The molecule has 0 saturated heterocycles. The molecule has 3 rings (SSSR count). The number of ether oxygens (including phenoxy) is 3. The van der Waals surface area contributed by atoms with Gasteiger partial charge in [0.25, 0.3) is 5.91 Å². The molecule has 1 aromatic heterocycles. The number of ketones is 1. The van der Waals surface area contributed by atoms with Crippen LogP contribution in [-0.4, -0.2) is 37.6 Å². The van der Waals surface area contributed by atoms with Crippen LogP contribution < -0.4 is 14.8 Å². The maximum atomic E-state index is 12.0. The molecule has 124 valence electrons. The van der Waals surface area contributed by atoms with Gasteiger partial charge in [-0.2, -0.15) is 0 Å². The second-order valence-electron chi connectivity index (χ2n) is 4.81. The number of amides is 1. The molecule has 0 radical (unpaired) electrons. The number of benzene rings is 1. The lowest BCUT2D eigenvalue weighted by Crippen LogP contribution is -2.31. The summed E-state index contributed by atoms with van der Waals surface area (Å²) < 4.78 is 20.0. The van der Waals surface area contributed by atoms with Crippen LogP contribution >= 0.6 is 0 Å². The van der Waals surface area contributed by atoms with Crippen LogP contribution in [0.3, 0.4) is 0 Å². The van der Waals surface area contributed by atoms with Crippen molar-refractivity contribution in [2.24, 2.45) is 0 Å². The molecule has 0 aliphatic carbocycles. The molecule has 8 nitrogen and oxygen atoms in total. The summed E-state index contributed by atoms with van der Waals surface area (Å²) in [5.41, 5.74) is 0.340. The van der Waals surface area contributed by atoms with Crippen molar-refractivity contribution in [3.05, 3.63) is 47.9 Å². The van der Waals surface area contributed by atoms with E-state index < -0.39 is 18.5 Å². The number of hydrogen-bond donors (Lipinski definition) is 1. The Morgan fingerprint density at radius 1 is 1.12 bits per heavy atom. The molecule has 2 aromatic rings. The van der Waals surface area contributed by atoms with Crippen molar-refractivity contribution in [2.75, 3.05) is 19.9 Å². The Labute approximate surface area is 136 Å². The SMILES string of the molecule is O=C(CNC(=O)c1ccco1)OCC(=O)c1ccc2c(c1)OCO2. The average molecular weight is 331 g/mol. The second kappa shape index (κ2) is 6.86. The lowest BCUT2D eigenvalue weighted by molar-refractivity contribution is -0.141. The third-order valence-corrected chi connectivity index (χ3v) is 3.20. The van der Waals surface area contributed by atoms with Crippen LogP contribution in [0.4, 0.5) is 0 Å². The molecule has 1 N–H and O–H groups in total. The Hall–Kier alpha value is -3.29. The number of carbonyl (C=O) groups excluding carboxylic acids is 3. The zero-order chi connectivity index (χ0) is 16.9. The fourth-order valence-electron chi connectivity index (χ4n) is 2.00. The molecule has 0 atom stereocenters. The van der Waals surface area contributed by atoms with Gasteiger partial charge in [0.05, 0.1) is 6.26 Å². The van der Waals surface area contributed by atoms with E-state index in [0.29, 0.717) is 17.1 Å². The number of nitrogens with one attached hydrogen (secondary N) is 1. The smallest absolute Gasteiger partial charge is 0.325 e. The molecule has 1 amide bonds. The van der Waals surface area contributed by atoms with E-state index in [0.717, 1.165) is 0 Å². The zero-order valence-electron chi connectivity index (χ0n) is 12.4. The predicted molar refractivity (Wildman–Crippen MR) is 78.9 cm³/mol. The van der Waals surface area contributed by atoms with Gasteiger partial charge in [0.2, 0.25) is 6.79 Å². The number of Topliss-reactive ketones (excluding diaryl/α,β-unsaturated/α-hetero) is 1. The predicted octanol–water partition coefficient (Wildman–Crippen LogP) is 1.16. The van der Waals surface area contributed by atoms with Crippen LogP contribution in [0.25, 0.3) is 0 Å². The van der Waals surface area contributed by atoms with E-state index in [9.17, 15) is 14.4 Å². The molecule has 0 spiro atoms. The van der Waals surface area contributed by atoms with Crippen molar-refractivity contribution >= 4 is 17.7 Å². The summed E-state index contributed by atoms with van der Waals surface area (Å²) in [6.45, 7) is -0.694. The quantitative estimate of drug-likeness (QED) is 0.625. The molecular formula is C16H13NO7. The van der Waals surface area contributed by atoms with Crippen molar-refractivity contribution in [3.63, 3.8) is 0 Å². The normalized spacial score (nSPS) is 11.8. The van der Waals surface area contributed by atoms with Crippen LogP contribution in [0.15, 0.2) is 41.0 Å². The van der Waals surface area contributed by atoms with Crippen LogP contribution in [0, 0.1) is 0 Å². The van der Waals surface area contributed by atoms with Gasteiger partial charge in [-0.15, -0.1) is 0 Å². The largest absolute Gasteiger partial charge is 0.459 e. The highest BCUT2D eigenvalue weighted by molar-refractivity contribution is 5.99. The Morgan fingerprint density at radius 3 is 2.75 bits per heavy atom. The van der Waals surface area contributed by atoms with Crippen LogP contribution in [0.5, 0.6) is 11.5 Å². The number of carbonyl (C=O) groups is 3. The molecule has 8 heteroatoms. The molecular weight excluding hydrogens is 318 g/mol. The lowest BCUT2D eigenvalue weighted by Gasteiger charge is -2.06. The van der Waals surface area contributed by atoms with Gasteiger partial charge < -0.3 is 23.9 Å². The maximum Gasteiger partial charge on any atom is 0.325 e. The minimum Gasteiger partial charge on any atom is -0.459 e. The first kappa shape index (κ1) is 15.6. The topological polar surface area (TPSA) is 104 Å². The van der Waals surface area contributed by atoms with E-state index in [1.807, 2.05) is 0 Å². The third kappa shape index (κ3) is 3.54. The molecule has 0 bridgehead atoms. The molecule has 1 aliphatic rings. The van der Waals surface area contributed by atoms with Gasteiger partial charge in [-0.1, -0.05) is 0 Å². The van der Waals surface area contributed by atoms with Gasteiger partial charge >= 0.3 is 5.97 Å². The summed E-state index contributed by atoms with van der Waals surface area (Å²) in [7, 11) is 0. The van der Waals surface area contributed by atoms with Crippen molar-refractivity contribution in [1.82, 2.24) is 5.32 Å². The maximum absolute atomic E-state index is 12.0. The van der Waals surface area contributed by atoms with Crippen molar-refractivity contribution in [1.29, 1.82) is 0 Å². The van der Waals surface area contributed by atoms with Gasteiger partial charge in [0.1, 0.15) is 6.54 Å². The summed E-state index contributed by atoms with van der Waals surface area (Å²) in [4.78, 5) is 35.1. The van der Waals surface area contributed by atoms with E-state index in [2.05, 4.69) is 5.32 Å². The minimum atomic E-state index is -0.732. The minimum absolute atomic E-state index is 0.0826. The Kier molecular flexibility index (Phi) is 4.46. The summed E-state index contributed by atoms with van der Waals surface area (Å²) >= 11 is 0. The number of esters is 1. The van der Waals surface area contributed by atoms with Crippen molar-refractivity contribution in [3.8, 4) is 11.5 Å². The monoisotopic (exact) mass is 331 g/mol. The zero-order valence-corrected chi connectivity index (χ0v) is 12.4. The summed E-state index contributed by atoms with van der Waals surface area (Å²) in [5.74, 6) is -0.552. The first-order valence-electron chi connectivity index (χ1n) is 7.03. The standard InChI is InChI=1S/C16H13NO7/c18-11(10-3-4-12-14(6-10)24-9-23-12)8-22-15(19)7-17-16(20)13-2-1-5-21-13/h1-6H,7-9H2,(H,17,20). The highest BCUT2D eigenvalue weighted by Gasteiger charge is 2.17. The summed E-state index contributed by atoms with van der Waals surface area (Å²) in [6, 6.07) is 7.71. The van der Waals surface area contributed by atoms with Crippen LogP contribution in [0.2, 0.25) is 0 Å². The van der Waals surface area contributed by atoms with Gasteiger partial charge in [0, 0.05) is 5.56 Å². The second-order valence-corrected chi connectivity index (χ2v) is 4.81. The number of rotatable bonds is 6. The van der Waals surface area contributed by atoms with Gasteiger partial charge in [-0.05, 0) is 30.3 Å². The Bertz CT molecular complexity index is 767. The van der Waals surface area contributed by atoms with Gasteiger partial charge in [-0.25, -0.2) is 0 Å². The molecule has 0 saturated carbocycles. The highest BCUT2D eigenvalue weighted by atomic mass is 16.7. The number of hydrogen-bond acceptors (Lipinski definition) is 7. The lowest BCUT2D eigenvalue weighted by atomic mass is 10.1. The van der Waals surface area contributed by atoms with Crippen molar-refractivity contribution < 1.29 is 33.0 Å². The molecule has 1 aromatic carbocycles.